The van der Waals surface area contributed by atoms with Crippen LogP contribution in [-0.2, 0) is 6.42 Å². The Hall–Kier alpha value is -1.36. The van der Waals surface area contributed by atoms with E-state index in [1.807, 2.05) is 25.9 Å². The Morgan fingerprint density at radius 2 is 2.15 bits per heavy atom. The first-order valence-corrected chi connectivity index (χ1v) is 4.18. The van der Waals surface area contributed by atoms with Gasteiger partial charge in [-0.1, -0.05) is 6.92 Å². The standard InChI is InChI=1S/C8H15N5/c1-4-6-7(12-9)10-5-11-8(6)13(2)3/h5H,4,9H2,1-3H3,(H,10,11,12). The van der Waals surface area contributed by atoms with E-state index in [1.165, 1.54) is 6.33 Å². The molecule has 0 spiro atoms. The smallest absolute Gasteiger partial charge is 0.148 e. The molecule has 0 saturated carbocycles. The van der Waals surface area contributed by atoms with E-state index >= 15 is 0 Å². The summed E-state index contributed by atoms with van der Waals surface area (Å²) in [5.41, 5.74) is 3.60. The molecule has 0 amide bonds. The lowest BCUT2D eigenvalue weighted by Crippen LogP contribution is -2.17. The Morgan fingerprint density at radius 1 is 1.46 bits per heavy atom. The number of nitrogens with two attached hydrogens (primary N) is 1. The Kier molecular flexibility index (Phi) is 3.02. The molecule has 0 unspecified atom stereocenters. The van der Waals surface area contributed by atoms with Crippen molar-refractivity contribution in [2.24, 2.45) is 5.84 Å². The monoisotopic (exact) mass is 181 g/mol. The minimum atomic E-state index is 0.696. The molecule has 3 N–H and O–H groups in total. The average molecular weight is 181 g/mol. The van der Waals surface area contributed by atoms with Crippen LogP contribution in [0.4, 0.5) is 11.6 Å². The van der Waals surface area contributed by atoms with Crippen LogP contribution < -0.4 is 16.2 Å². The fourth-order valence-corrected chi connectivity index (χ4v) is 1.24. The lowest BCUT2D eigenvalue weighted by molar-refractivity contribution is 0.971. The van der Waals surface area contributed by atoms with Gasteiger partial charge in [0.05, 0.1) is 0 Å². The molecular formula is C8H15N5. The van der Waals surface area contributed by atoms with Gasteiger partial charge < -0.3 is 10.3 Å². The molecule has 5 nitrogen and oxygen atoms in total. The molecule has 0 aliphatic rings. The summed E-state index contributed by atoms with van der Waals surface area (Å²) < 4.78 is 0. The van der Waals surface area contributed by atoms with Crippen molar-refractivity contribution in [2.75, 3.05) is 24.4 Å². The quantitative estimate of drug-likeness (QED) is 0.521. The number of anilines is 2. The highest BCUT2D eigenvalue weighted by molar-refractivity contribution is 5.57. The maximum Gasteiger partial charge on any atom is 0.148 e. The number of nitrogen functional groups attached to an aromatic ring is 1. The summed E-state index contributed by atoms with van der Waals surface area (Å²) in [6, 6.07) is 0. The molecule has 0 atom stereocenters. The number of nitrogens with one attached hydrogen (secondary N) is 1. The number of hydrogen-bond donors (Lipinski definition) is 2. The molecule has 5 heteroatoms. The lowest BCUT2D eigenvalue weighted by atomic mass is 10.2. The first-order valence-electron chi connectivity index (χ1n) is 4.18. The van der Waals surface area contributed by atoms with E-state index in [-0.39, 0.29) is 0 Å². The van der Waals surface area contributed by atoms with Gasteiger partial charge in [0, 0.05) is 19.7 Å². The van der Waals surface area contributed by atoms with Gasteiger partial charge in [0.25, 0.3) is 0 Å². The number of nitrogens with zero attached hydrogens (tertiary/aromatic N) is 3. The molecule has 0 radical (unpaired) electrons. The van der Waals surface area contributed by atoms with Crippen LogP contribution in [0, 0.1) is 0 Å². The number of aromatic nitrogens is 2. The van der Waals surface area contributed by atoms with Crippen LogP contribution in [-0.4, -0.2) is 24.1 Å². The van der Waals surface area contributed by atoms with Crippen molar-refractivity contribution in [3.63, 3.8) is 0 Å². The molecule has 0 saturated heterocycles. The van der Waals surface area contributed by atoms with Crippen molar-refractivity contribution in [1.29, 1.82) is 0 Å². The Morgan fingerprint density at radius 3 is 2.62 bits per heavy atom. The van der Waals surface area contributed by atoms with Crippen LogP contribution in [0.2, 0.25) is 0 Å². The van der Waals surface area contributed by atoms with Crippen molar-refractivity contribution in [3.8, 4) is 0 Å². The van der Waals surface area contributed by atoms with E-state index in [0.29, 0.717) is 5.82 Å². The number of hydrogen-bond acceptors (Lipinski definition) is 5. The van der Waals surface area contributed by atoms with E-state index in [9.17, 15) is 0 Å². The first kappa shape index (κ1) is 9.73. The summed E-state index contributed by atoms with van der Waals surface area (Å²) in [4.78, 5) is 10.2. The topological polar surface area (TPSA) is 67.1 Å². The zero-order valence-electron chi connectivity index (χ0n) is 8.20. The van der Waals surface area contributed by atoms with Crippen LogP contribution in [0.15, 0.2) is 6.33 Å². The maximum absolute atomic E-state index is 5.34. The largest absolute Gasteiger partial charge is 0.362 e. The molecule has 0 bridgehead atoms. The molecule has 0 fully saturated rings. The fraction of sp³-hybridized carbons (Fsp3) is 0.500. The molecule has 0 aliphatic carbocycles. The van der Waals surface area contributed by atoms with E-state index < -0.39 is 0 Å². The summed E-state index contributed by atoms with van der Waals surface area (Å²) in [7, 11) is 3.89. The third-order valence-corrected chi connectivity index (χ3v) is 1.84. The summed E-state index contributed by atoms with van der Waals surface area (Å²) >= 11 is 0. The van der Waals surface area contributed by atoms with Crippen molar-refractivity contribution in [1.82, 2.24) is 9.97 Å². The highest BCUT2D eigenvalue weighted by Gasteiger charge is 2.09. The molecule has 13 heavy (non-hydrogen) atoms. The Labute approximate surface area is 78.0 Å². The Bertz CT molecular complexity index is 284. The molecule has 72 valence electrons. The number of rotatable bonds is 3. The van der Waals surface area contributed by atoms with Gasteiger partial charge in [-0.3, -0.25) is 0 Å². The van der Waals surface area contributed by atoms with Crippen LogP contribution in [0.3, 0.4) is 0 Å². The SMILES string of the molecule is CCc1c(NN)ncnc1N(C)C. The third-order valence-electron chi connectivity index (χ3n) is 1.84. The van der Waals surface area contributed by atoms with E-state index in [1.54, 1.807) is 0 Å². The second-order valence-electron chi connectivity index (χ2n) is 2.92. The molecule has 0 aliphatic heterocycles. The number of hydrazine groups is 1. The molecule has 1 heterocycles. The summed E-state index contributed by atoms with van der Waals surface area (Å²) in [5.74, 6) is 6.94. The van der Waals surface area contributed by atoms with Gasteiger partial charge in [-0.05, 0) is 6.42 Å². The normalized spacial score (nSPS) is 9.85. The van der Waals surface area contributed by atoms with Crippen LogP contribution >= 0.6 is 0 Å². The highest BCUT2D eigenvalue weighted by Crippen LogP contribution is 2.20. The fourth-order valence-electron chi connectivity index (χ4n) is 1.24. The minimum Gasteiger partial charge on any atom is -0.362 e. The summed E-state index contributed by atoms with van der Waals surface area (Å²) in [5, 5.41) is 0. The zero-order valence-corrected chi connectivity index (χ0v) is 8.20. The van der Waals surface area contributed by atoms with Gasteiger partial charge in [-0.15, -0.1) is 0 Å². The predicted molar refractivity (Wildman–Crippen MR) is 53.5 cm³/mol. The van der Waals surface area contributed by atoms with Gasteiger partial charge in [0.2, 0.25) is 0 Å². The van der Waals surface area contributed by atoms with Gasteiger partial charge in [0.1, 0.15) is 18.0 Å². The minimum absolute atomic E-state index is 0.696. The van der Waals surface area contributed by atoms with Crippen molar-refractivity contribution in [2.45, 2.75) is 13.3 Å². The van der Waals surface area contributed by atoms with E-state index in [4.69, 9.17) is 5.84 Å². The zero-order chi connectivity index (χ0) is 9.84. The van der Waals surface area contributed by atoms with Crippen molar-refractivity contribution in [3.05, 3.63) is 11.9 Å². The third kappa shape index (κ3) is 1.86. The highest BCUT2D eigenvalue weighted by atomic mass is 15.3. The molecule has 1 aromatic heterocycles. The van der Waals surface area contributed by atoms with Crippen LogP contribution in [0.25, 0.3) is 0 Å². The van der Waals surface area contributed by atoms with Gasteiger partial charge in [-0.2, -0.15) is 0 Å². The van der Waals surface area contributed by atoms with E-state index in [2.05, 4.69) is 15.4 Å². The Balaban J connectivity index is 3.19. The molecule has 0 aromatic carbocycles. The van der Waals surface area contributed by atoms with Gasteiger partial charge in [-0.25, -0.2) is 15.8 Å². The van der Waals surface area contributed by atoms with E-state index in [0.717, 1.165) is 17.8 Å². The second kappa shape index (κ2) is 4.04. The molecular weight excluding hydrogens is 166 g/mol. The summed E-state index contributed by atoms with van der Waals surface area (Å²) in [6.45, 7) is 2.05. The van der Waals surface area contributed by atoms with Crippen LogP contribution in [0.1, 0.15) is 12.5 Å². The maximum atomic E-state index is 5.34. The second-order valence-corrected chi connectivity index (χ2v) is 2.92. The average Bonchev–Trinajstić information content (AvgIpc) is 2.16. The van der Waals surface area contributed by atoms with Crippen LogP contribution in [0.5, 0.6) is 0 Å². The van der Waals surface area contributed by atoms with Gasteiger partial charge in [0.15, 0.2) is 0 Å². The first-order chi connectivity index (χ1) is 6.20. The van der Waals surface area contributed by atoms with Crippen molar-refractivity contribution < 1.29 is 0 Å². The molecule has 1 aromatic rings. The predicted octanol–water partition coefficient (Wildman–Crippen LogP) is 0.391. The lowest BCUT2D eigenvalue weighted by Gasteiger charge is -2.16. The van der Waals surface area contributed by atoms with Crippen molar-refractivity contribution >= 4 is 11.6 Å². The molecule has 1 rings (SSSR count). The summed E-state index contributed by atoms with van der Waals surface area (Å²) in [6.07, 6.45) is 2.36. The van der Waals surface area contributed by atoms with Gasteiger partial charge >= 0.3 is 0 Å².